The van der Waals surface area contributed by atoms with Gasteiger partial charge in [-0.05, 0) is 26.0 Å². The van der Waals surface area contributed by atoms with Crippen molar-refractivity contribution in [1.29, 1.82) is 0 Å². The molecule has 108 valence electrons. The van der Waals surface area contributed by atoms with Gasteiger partial charge >= 0.3 is 12.0 Å². The highest BCUT2D eigenvalue weighted by atomic mass is 16.4. The second-order valence-electron chi connectivity index (χ2n) is 4.41. The van der Waals surface area contributed by atoms with Gasteiger partial charge in [0, 0.05) is 13.1 Å². The number of rotatable bonds is 5. The largest absolute Gasteiger partial charge is 0.505 e. The highest BCUT2D eigenvalue weighted by molar-refractivity contribution is 5.97. The minimum absolute atomic E-state index is 0.0649. The van der Waals surface area contributed by atoms with E-state index in [0.29, 0.717) is 13.1 Å². The van der Waals surface area contributed by atoms with E-state index in [9.17, 15) is 14.7 Å². The molecular formula is C14H18N2O4. The van der Waals surface area contributed by atoms with E-state index in [4.69, 9.17) is 5.11 Å². The van der Waals surface area contributed by atoms with Crippen LogP contribution >= 0.6 is 0 Å². The molecule has 0 aliphatic carbocycles. The summed E-state index contributed by atoms with van der Waals surface area (Å²) in [7, 11) is 0. The van der Waals surface area contributed by atoms with Crippen LogP contribution in [0.5, 0.6) is 5.75 Å². The van der Waals surface area contributed by atoms with Crippen LogP contribution in [0.2, 0.25) is 0 Å². The number of phenols is 1. The van der Waals surface area contributed by atoms with Crippen LogP contribution < -0.4 is 5.32 Å². The van der Waals surface area contributed by atoms with Crippen molar-refractivity contribution in [2.24, 2.45) is 0 Å². The van der Waals surface area contributed by atoms with Gasteiger partial charge in [-0.25, -0.2) is 9.59 Å². The van der Waals surface area contributed by atoms with Crippen molar-refractivity contribution in [1.82, 2.24) is 4.90 Å². The van der Waals surface area contributed by atoms with Crippen molar-refractivity contribution in [3.63, 3.8) is 0 Å². The zero-order chi connectivity index (χ0) is 15.3. The number of nitrogens with one attached hydrogen (secondary N) is 1. The maximum Gasteiger partial charge on any atom is 0.339 e. The molecule has 0 aliphatic heterocycles. The van der Waals surface area contributed by atoms with Crippen LogP contribution in [0.1, 0.15) is 24.2 Å². The van der Waals surface area contributed by atoms with Crippen LogP contribution in [-0.4, -0.2) is 40.2 Å². The van der Waals surface area contributed by atoms with Gasteiger partial charge in [-0.3, -0.25) is 0 Å². The third kappa shape index (κ3) is 3.74. The molecule has 20 heavy (non-hydrogen) atoms. The summed E-state index contributed by atoms with van der Waals surface area (Å²) in [6, 6.07) is 3.73. The number of anilines is 1. The van der Waals surface area contributed by atoms with Crippen molar-refractivity contribution in [2.45, 2.75) is 13.8 Å². The first-order chi connectivity index (χ1) is 9.36. The number of aromatic carboxylic acids is 1. The fraction of sp³-hybridized carbons (Fsp3) is 0.286. The number of carbonyl (C=O) groups is 2. The Morgan fingerprint density at radius 3 is 2.55 bits per heavy atom. The molecule has 0 spiro atoms. The molecule has 2 amide bonds. The molecule has 0 heterocycles. The minimum Gasteiger partial charge on any atom is -0.505 e. The molecule has 1 aromatic rings. The van der Waals surface area contributed by atoms with Gasteiger partial charge in [-0.1, -0.05) is 18.2 Å². The lowest BCUT2D eigenvalue weighted by molar-refractivity contribution is 0.0693. The average molecular weight is 278 g/mol. The summed E-state index contributed by atoms with van der Waals surface area (Å²) in [6.07, 6.45) is 0. The quantitative estimate of drug-likeness (QED) is 0.570. The topological polar surface area (TPSA) is 89.9 Å². The monoisotopic (exact) mass is 278 g/mol. The SMILES string of the molecule is C=C(C)CN(CC)C(=O)Nc1cccc(C(=O)O)c1O. The first-order valence-corrected chi connectivity index (χ1v) is 6.12. The number of urea groups is 1. The van der Waals surface area contributed by atoms with Crippen molar-refractivity contribution in [3.8, 4) is 5.75 Å². The number of carboxylic acids is 1. The van der Waals surface area contributed by atoms with E-state index < -0.39 is 17.7 Å². The Morgan fingerprint density at radius 2 is 2.05 bits per heavy atom. The maximum absolute atomic E-state index is 12.0. The van der Waals surface area contributed by atoms with Gasteiger partial charge in [-0.15, -0.1) is 0 Å². The van der Waals surface area contributed by atoms with Crippen LogP contribution in [0, 0.1) is 0 Å². The number of carbonyl (C=O) groups excluding carboxylic acids is 1. The number of para-hydroxylation sites is 1. The number of nitrogens with zero attached hydrogens (tertiary/aromatic N) is 1. The van der Waals surface area contributed by atoms with E-state index in [2.05, 4.69) is 11.9 Å². The highest BCUT2D eigenvalue weighted by Crippen LogP contribution is 2.27. The normalized spacial score (nSPS) is 9.90. The molecule has 0 bridgehead atoms. The number of hydrogen-bond donors (Lipinski definition) is 3. The third-order valence-electron chi connectivity index (χ3n) is 2.64. The highest BCUT2D eigenvalue weighted by Gasteiger charge is 2.17. The van der Waals surface area contributed by atoms with Gasteiger partial charge in [0.25, 0.3) is 0 Å². The second kappa shape index (κ2) is 6.60. The molecule has 0 unspecified atom stereocenters. The summed E-state index contributed by atoms with van der Waals surface area (Å²) < 4.78 is 0. The van der Waals surface area contributed by atoms with Crippen molar-refractivity contribution >= 4 is 17.7 Å². The molecule has 6 nitrogen and oxygen atoms in total. The first-order valence-electron chi connectivity index (χ1n) is 6.12. The summed E-state index contributed by atoms with van der Waals surface area (Å²) in [5, 5.41) is 21.2. The van der Waals surface area contributed by atoms with Gasteiger partial charge in [0.1, 0.15) is 5.56 Å². The zero-order valence-corrected chi connectivity index (χ0v) is 11.5. The number of hydrogen-bond acceptors (Lipinski definition) is 3. The number of amides is 2. The van der Waals surface area contributed by atoms with Gasteiger partial charge in [0.15, 0.2) is 5.75 Å². The molecule has 0 saturated heterocycles. The van der Waals surface area contributed by atoms with Crippen molar-refractivity contribution in [2.75, 3.05) is 18.4 Å². The van der Waals surface area contributed by atoms with E-state index >= 15 is 0 Å². The van der Waals surface area contributed by atoms with Gasteiger partial charge in [-0.2, -0.15) is 0 Å². The Bertz CT molecular complexity index is 540. The lowest BCUT2D eigenvalue weighted by Gasteiger charge is -2.21. The standard InChI is InChI=1S/C14H18N2O4/c1-4-16(8-9(2)3)14(20)15-11-7-5-6-10(12(11)17)13(18)19/h5-7,17H,2,4,8H2,1,3H3,(H,15,20)(H,18,19). The molecule has 3 N–H and O–H groups in total. The van der Waals surface area contributed by atoms with E-state index in [1.165, 1.54) is 23.1 Å². The van der Waals surface area contributed by atoms with E-state index in [-0.39, 0.29) is 11.3 Å². The number of aromatic hydroxyl groups is 1. The summed E-state index contributed by atoms with van der Waals surface area (Å²) in [6.45, 7) is 8.22. The molecule has 0 fully saturated rings. The Kier molecular flexibility index (Phi) is 5.14. The van der Waals surface area contributed by atoms with Crippen LogP contribution in [0.4, 0.5) is 10.5 Å². The number of carboxylic acid groups (broad SMARTS) is 1. The predicted molar refractivity (Wildman–Crippen MR) is 76.1 cm³/mol. The maximum atomic E-state index is 12.0. The minimum atomic E-state index is -1.26. The van der Waals surface area contributed by atoms with Crippen LogP contribution in [0.25, 0.3) is 0 Å². The number of benzene rings is 1. The summed E-state index contributed by atoms with van der Waals surface area (Å²) >= 11 is 0. The molecular weight excluding hydrogens is 260 g/mol. The molecule has 0 aromatic heterocycles. The fourth-order valence-corrected chi connectivity index (χ4v) is 1.66. The molecule has 0 aliphatic rings. The Balaban J connectivity index is 2.93. The smallest absolute Gasteiger partial charge is 0.339 e. The molecule has 0 saturated carbocycles. The van der Waals surface area contributed by atoms with E-state index in [1.807, 2.05) is 6.92 Å². The van der Waals surface area contributed by atoms with Crippen LogP contribution in [0.15, 0.2) is 30.4 Å². The fourth-order valence-electron chi connectivity index (χ4n) is 1.66. The first kappa shape index (κ1) is 15.6. The summed E-state index contributed by atoms with van der Waals surface area (Å²) in [5.74, 6) is -1.72. The van der Waals surface area contributed by atoms with E-state index in [1.54, 1.807) is 6.92 Å². The van der Waals surface area contributed by atoms with Gasteiger partial charge < -0.3 is 20.4 Å². The van der Waals surface area contributed by atoms with Crippen LogP contribution in [0.3, 0.4) is 0 Å². The lowest BCUT2D eigenvalue weighted by atomic mass is 10.1. The zero-order valence-electron chi connectivity index (χ0n) is 11.5. The molecule has 0 atom stereocenters. The van der Waals surface area contributed by atoms with Crippen LogP contribution in [-0.2, 0) is 0 Å². The van der Waals surface area contributed by atoms with E-state index in [0.717, 1.165) is 5.57 Å². The van der Waals surface area contributed by atoms with Gasteiger partial charge in [0.05, 0.1) is 5.69 Å². The summed E-state index contributed by atoms with van der Waals surface area (Å²) in [5.41, 5.74) is 0.631. The van der Waals surface area contributed by atoms with Gasteiger partial charge in [0.2, 0.25) is 0 Å². The lowest BCUT2D eigenvalue weighted by Crippen LogP contribution is -2.35. The Hall–Kier alpha value is -2.50. The summed E-state index contributed by atoms with van der Waals surface area (Å²) in [4.78, 5) is 24.4. The molecule has 0 radical (unpaired) electrons. The predicted octanol–water partition coefficient (Wildman–Crippen LogP) is 2.52. The molecule has 1 aromatic carbocycles. The Labute approximate surface area is 117 Å². The molecule has 1 rings (SSSR count). The average Bonchev–Trinajstić information content (AvgIpc) is 2.37. The van der Waals surface area contributed by atoms with Crippen molar-refractivity contribution in [3.05, 3.63) is 35.9 Å². The second-order valence-corrected chi connectivity index (χ2v) is 4.41. The third-order valence-corrected chi connectivity index (χ3v) is 2.64. The Morgan fingerprint density at radius 1 is 1.40 bits per heavy atom. The number of likely N-dealkylation sites (N-methyl/N-ethyl adjacent to an activating group) is 1. The van der Waals surface area contributed by atoms with Crippen molar-refractivity contribution < 1.29 is 19.8 Å². The molecule has 6 heteroatoms.